The predicted octanol–water partition coefficient (Wildman–Crippen LogP) is 3.52. The van der Waals surface area contributed by atoms with Crippen LogP contribution in [0.5, 0.6) is 5.75 Å². The molecule has 0 radical (unpaired) electrons. The number of nitrogens with one attached hydrogen (secondary N) is 1. The standard InChI is InChI=1S/C21H31N5O.HI/c1-16-8-11-25(14-19(16)26-12-10-23-15-26)21(22-3)24-9-7-18-6-5-17(2)20(13-18)27-4;/h5-6,10,12-13,15-16,19H,7-9,11,14H2,1-4H3,(H,22,24);1H. The Bertz CT molecular complexity index is 762. The van der Waals surface area contributed by atoms with E-state index in [-0.39, 0.29) is 24.0 Å². The van der Waals surface area contributed by atoms with Gasteiger partial charge in [-0.2, -0.15) is 0 Å². The van der Waals surface area contributed by atoms with E-state index < -0.39 is 0 Å². The maximum absolute atomic E-state index is 5.43. The molecule has 1 saturated heterocycles. The Morgan fingerprint density at radius 1 is 1.39 bits per heavy atom. The van der Waals surface area contributed by atoms with Crippen LogP contribution in [-0.4, -0.2) is 54.2 Å². The lowest BCUT2D eigenvalue weighted by Crippen LogP contribution is -2.49. The first-order valence-electron chi connectivity index (χ1n) is 9.69. The van der Waals surface area contributed by atoms with Gasteiger partial charge >= 0.3 is 0 Å². The Kier molecular flexibility index (Phi) is 8.59. The summed E-state index contributed by atoms with van der Waals surface area (Å²) in [7, 11) is 3.59. The highest BCUT2D eigenvalue weighted by Gasteiger charge is 2.28. The number of aryl methyl sites for hydroxylation is 1. The molecule has 1 aromatic carbocycles. The van der Waals surface area contributed by atoms with Crippen LogP contribution in [-0.2, 0) is 6.42 Å². The Balaban J connectivity index is 0.00000280. The second kappa shape index (κ2) is 10.7. The molecule has 0 saturated carbocycles. The number of aliphatic imine (C=N–C) groups is 1. The second-order valence-corrected chi connectivity index (χ2v) is 7.32. The SMILES string of the molecule is CN=C(NCCc1ccc(C)c(OC)c1)N1CCC(C)C(n2ccnc2)C1.I. The smallest absolute Gasteiger partial charge is 0.193 e. The van der Waals surface area contributed by atoms with Crippen LogP contribution < -0.4 is 10.1 Å². The first-order chi connectivity index (χ1) is 13.1. The van der Waals surface area contributed by atoms with Crippen LogP contribution in [0.1, 0.15) is 30.5 Å². The third kappa shape index (κ3) is 5.40. The molecule has 1 N–H and O–H groups in total. The van der Waals surface area contributed by atoms with Crippen molar-refractivity contribution in [1.82, 2.24) is 19.8 Å². The fourth-order valence-corrected chi connectivity index (χ4v) is 3.77. The third-order valence-electron chi connectivity index (χ3n) is 5.51. The van der Waals surface area contributed by atoms with Gasteiger partial charge < -0.3 is 19.5 Å². The molecule has 2 atom stereocenters. The number of benzene rings is 1. The lowest BCUT2D eigenvalue weighted by molar-refractivity contribution is 0.189. The molecule has 0 amide bonds. The predicted molar refractivity (Wildman–Crippen MR) is 125 cm³/mol. The molecule has 0 spiro atoms. The van der Waals surface area contributed by atoms with Crippen molar-refractivity contribution in [3.8, 4) is 5.75 Å². The van der Waals surface area contributed by atoms with Crippen LogP contribution in [0.25, 0.3) is 0 Å². The number of piperidine rings is 1. The Labute approximate surface area is 185 Å². The van der Waals surface area contributed by atoms with E-state index in [2.05, 4.69) is 63.0 Å². The fourth-order valence-electron chi connectivity index (χ4n) is 3.77. The van der Waals surface area contributed by atoms with Gasteiger partial charge in [0, 0.05) is 39.1 Å². The Morgan fingerprint density at radius 2 is 2.21 bits per heavy atom. The molecule has 2 aromatic rings. The van der Waals surface area contributed by atoms with Crippen LogP contribution in [0.3, 0.4) is 0 Å². The minimum atomic E-state index is 0. The number of imidazole rings is 1. The normalized spacial score (nSPS) is 19.9. The van der Waals surface area contributed by atoms with Crippen molar-refractivity contribution in [2.45, 2.75) is 32.7 Å². The van der Waals surface area contributed by atoms with E-state index in [4.69, 9.17) is 4.74 Å². The summed E-state index contributed by atoms with van der Waals surface area (Å²) < 4.78 is 7.65. The van der Waals surface area contributed by atoms with Crippen LogP contribution >= 0.6 is 24.0 Å². The quantitative estimate of drug-likeness (QED) is 0.390. The average Bonchev–Trinajstić information content (AvgIpc) is 3.21. The van der Waals surface area contributed by atoms with Crippen molar-refractivity contribution < 1.29 is 4.74 Å². The van der Waals surface area contributed by atoms with Crippen LogP contribution in [0.4, 0.5) is 0 Å². The fraction of sp³-hybridized carbons (Fsp3) is 0.524. The summed E-state index contributed by atoms with van der Waals surface area (Å²) in [6.07, 6.45) is 7.93. The molecule has 6 nitrogen and oxygen atoms in total. The zero-order valence-corrected chi connectivity index (χ0v) is 19.6. The van der Waals surface area contributed by atoms with E-state index in [0.29, 0.717) is 12.0 Å². The van der Waals surface area contributed by atoms with Crippen molar-refractivity contribution in [3.63, 3.8) is 0 Å². The Hall–Kier alpha value is -1.77. The minimum absolute atomic E-state index is 0. The number of rotatable bonds is 5. The maximum Gasteiger partial charge on any atom is 0.193 e. The number of hydrogen-bond acceptors (Lipinski definition) is 3. The van der Waals surface area contributed by atoms with Gasteiger partial charge in [-0.15, -0.1) is 24.0 Å². The number of hydrogen-bond donors (Lipinski definition) is 1. The van der Waals surface area contributed by atoms with Crippen LogP contribution in [0.15, 0.2) is 41.9 Å². The van der Waals surface area contributed by atoms with Gasteiger partial charge in [-0.3, -0.25) is 4.99 Å². The van der Waals surface area contributed by atoms with Gasteiger partial charge in [0.05, 0.1) is 19.5 Å². The summed E-state index contributed by atoms with van der Waals surface area (Å²) in [5.41, 5.74) is 2.43. The summed E-state index contributed by atoms with van der Waals surface area (Å²) in [6, 6.07) is 6.84. The highest BCUT2D eigenvalue weighted by atomic mass is 127. The van der Waals surface area contributed by atoms with Gasteiger partial charge in [-0.1, -0.05) is 19.1 Å². The minimum Gasteiger partial charge on any atom is -0.496 e. The van der Waals surface area contributed by atoms with Crippen LogP contribution in [0, 0.1) is 12.8 Å². The lowest BCUT2D eigenvalue weighted by Gasteiger charge is -2.39. The van der Waals surface area contributed by atoms with Gasteiger partial charge in [0.1, 0.15) is 5.75 Å². The molecule has 0 aliphatic carbocycles. The van der Waals surface area contributed by atoms with Crippen molar-refractivity contribution in [2.24, 2.45) is 10.9 Å². The summed E-state index contributed by atoms with van der Waals surface area (Å²) in [5.74, 6) is 2.56. The number of halogens is 1. The van der Waals surface area contributed by atoms with Gasteiger partial charge in [0.2, 0.25) is 0 Å². The van der Waals surface area contributed by atoms with Gasteiger partial charge in [-0.25, -0.2) is 4.98 Å². The van der Waals surface area contributed by atoms with E-state index in [1.807, 2.05) is 19.6 Å². The summed E-state index contributed by atoms with van der Waals surface area (Å²) in [4.78, 5) is 11.1. The number of ether oxygens (including phenoxy) is 1. The van der Waals surface area contributed by atoms with Crippen molar-refractivity contribution in [1.29, 1.82) is 0 Å². The second-order valence-electron chi connectivity index (χ2n) is 7.32. The van der Waals surface area contributed by atoms with Gasteiger partial charge in [0.15, 0.2) is 5.96 Å². The van der Waals surface area contributed by atoms with E-state index in [0.717, 1.165) is 49.7 Å². The topological polar surface area (TPSA) is 54.7 Å². The van der Waals surface area contributed by atoms with E-state index in [1.165, 1.54) is 5.56 Å². The Morgan fingerprint density at radius 3 is 2.89 bits per heavy atom. The molecule has 0 bridgehead atoms. The summed E-state index contributed by atoms with van der Waals surface area (Å²) in [6.45, 7) is 7.22. The zero-order chi connectivity index (χ0) is 19.2. The van der Waals surface area contributed by atoms with E-state index >= 15 is 0 Å². The number of likely N-dealkylation sites (tertiary alicyclic amines) is 1. The summed E-state index contributed by atoms with van der Waals surface area (Å²) in [5, 5.41) is 3.53. The molecule has 3 rings (SSSR count). The maximum atomic E-state index is 5.43. The van der Waals surface area contributed by atoms with E-state index in [1.54, 1.807) is 7.11 Å². The molecule has 7 heteroatoms. The molecule has 154 valence electrons. The first-order valence-corrected chi connectivity index (χ1v) is 9.69. The summed E-state index contributed by atoms with van der Waals surface area (Å²) >= 11 is 0. The molecular formula is C21H32IN5O. The molecule has 28 heavy (non-hydrogen) atoms. The molecule has 2 heterocycles. The highest BCUT2D eigenvalue weighted by Crippen LogP contribution is 2.27. The van der Waals surface area contributed by atoms with E-state index in [9.17, 15) is 0 Å². The third-order valence-corrected chi connectivity index (χ3v) is 5.51. The van der Waals surface area contributed by atoms with Crippen molar-refractivity contribution in [3.05, 3.63) is 48.0 Å². The number of guanidine groups is 1. The average molecular weight is 497 g/mol. The number of methoxy groups -OCH3 is 1. The molecule has 1 fully saturated rings. The monoisotopic (exact) mass is 497 g/mol. The molecule has 1 aromatic heterocycles. The lowest BCUT2D eigenvalue weighted by atomic mass is 9.93. The van der Waals surface area contributed by atoms with Gasteiger partial charge in [-0.05, 0) is 42.9 Å². The van der Waals surface area contributed by atoms with Crippen LogP contribution in [0.2, 0.25) is 0 Å². The largest absolute Gasteiger partial charge is 0.496 e. The molecule has 1 aliphatic heterocycles. The number of aromatic nitrogens is 2. The molecule has 2 unspecified atom stereocenters. The van der Waals surface area contributed by atoms with Crippen molar-refractivity contribution >= 4 is 29.9 Å². The molecule has 1 aliphatic rings. The van der Waals surface area contributed by atoms with Crippen molar-refractivity contribution in [2.75, 3.05) is 33.8 Å². The first kappa shape index (κ1) is 22.5. The van der Waals surface area contributed by atoms with Gasteiger partial charge in [0.25, 0.3) is 0 Å². The molecular weight excluding hydrogens is 465 g/mol. The highest BCUT2D eigenvalue weighted by molar-refractivity contribution is 14.0. The number of nitrogens with zero attached hydrogens (tertiary/aromatic N) is 4. The zero-order valence-electron chi connectivity index (χ0n) is 17.3.